The second-order valence-electron chi connectivity index (χ2n) is 7.49. The third-order valence-corrected chi connectivity index (χ3v) is 6.59. The highest BCUT2D eigenvalue weighted by Gasteiger charge is 2.22. The minimum absolute atomic E-state index is 0.0867. The van der Waals surface area contributed by atoms with Gasteiger partial charge in [-0.05, 0) is 24.3 Å². The molecule has 0 aliphatic carbocycles. The Morgan fingerprint density at radius 3 is 2.45 bits per heavy atom. The first-order valence-corrected chi connectivity index (χ1v) is 11.2. The quantitative estimate of drug-likeness (QED) is 0.458. The van der Waals surface area contributed by atoms with Gasteiger partial charge in [-0.2, -0.15) is 0 Å². The number of rotatable bonds is 4. The molecule has 0 bridgehead atoms. The number of para-hydroxylation sites is 2. The second kappa shape index (κ2) is 8.07. The summed E-state index contributed by atoms with van der Waals surface area (Å²) in [6, 6.07) is 17.7. The molecule has 31 heavy (non-hydrogen) atoms. The smallest absolute Gasteiger partial charge is 0.262 e. The van der Waals surface area contributed by atoms with Gasteiger partial charge in [0.2, 0.25) is 11.7 Å². The normalized spacial score (nSPS) is 14.5. The maximum absolute atomic E-state index is 12.8. The lowest BCUT2D eigenvalue weighted by molar-refractivity contribution is -0.128. The molecule has 0 N–H and O–H groups in total. The molecule has 1 amide bonds. The number of aromatic nitrogens is 4. The lowest BCUT2D eigenvalue weighted by Gasteiger charge is -2.36. The minimum Gasteiger partial charge on any atom is -0.368 e. The number of nitrogens with zero attached hydrogens (tertiary/aromatic N) is 6. The monoisotopic (exact) mass is 434 g/mol. The van der Waals surface area contributed by atoms with E-state index in [9.17, 15) is 9.59 Å². The van der Waals surface area contributed by atoms with Crippen molar-refractivity contribution in [2.75, 3.05) is 36.8 Å². The molecule has 1 aliphatic heterocycles. The zero-order valence-corrected chi connectivity index (χ0v) is 18.0. The highest BCUT2D eigenvalue weighted by atomic mass is 32.2. The summed E-state index contributed by atoms with van der Waals surface area (Å²) in [6.07, 6.45) is 0. The molecule has 0 unspecified atom stereocenters. The topological polar surface area (TPSA) is 75.7 Å². The first-order chi connectivity index (χ1) is 15.1. The summed E-state index contributed by atoms with van der Waals surface area (Å²) in [5.74, 6) is 0.835. The first kappa shape index (κ1) is 19.6. The number of carbonyl (C=O) groups is 1. The molecule has 1 fully saturated rings. The van der Waals surface area contributed by atoms with Crippen molar-refractivity contribution in [1.82, 2.24) is 24.1 Å². The van der Waals surface area contributed by atoms with E-state index in [0.717, 1.165) is 18.6 Å². The van der Waals surface area contributed by atoms with Crippen LogP contribution in [0.5, 0.6) is 0 Å². The van der Waals surface area contributed by atoms with E-state index in [4.69, 9.17) is 0 Å². The van der Waals surface area contributed by atoms with E-state index in [0.29, 0.717) is 29.4 Å². The molecule has 1 saturated heterocycles. The first-order valence-electron chi connectivity index (χ1n) is 10.2. The van der Waals surface area contributed by atoms with Gasteiger partial charge in [-0.25, -0.2) is 0 Å². The van der Waals surface area contributed by atoms with Crippen LogP contribution in [-0.2, 0) is 11.8 Å². The Bertz CT molecular complexity index is 1310. The average Bonchev–Trinajstić information content (AvgIpc) is 3.26. The number of anilines is 1. The predicted molar refractivity (Wildman–Crippen MR) is 122 cm³/mol. The van der Waals surface area contributed by atoms with Gasteiger partial charge in [0, 0.05) is 38.9 Å². The Hall–Kier alpha value is -3.33. The van der Waals surface area contributed by atoms with Gasteiger partial charge in [0.25, 0.3) is 5.56 Å². The molecule has 0 saturated carbocycles. The predicted octanol–water partition coefficient (Wildman–Crippen LogP) is 2.02. The fraction of sp³-hybridized carbons (Fsp3) is 0.273. The molecule has 1 aliphatic rings. The van der Waals surface area contributed by atoms with Crippen LogP contribution in [0, 0.1) is 0 Å². The molecule has 5 rings (SSSR count). The molecule has 8 nitrogen and oxygen atoms in total. The standard InChI is InChI=1S/C22H22N6O2S/c1-25-20(30)17-9-5-6-10-18(17)28-21(25)23-24-22(28)31-15-19(29)27-13-11-26(12-14-27)16-7-3-2-4-8-16/h2-10H,11-15H2,1H3. The maximum Gasteiger partial charge on any atom is 0.262 e. The van der Waals surface area contributed by atoms with Gasteiger partial charge < -0.3 is 9.80 Å². The van der Waals surface area contributed by atoms with Crippen molar-refractivity contribution >= 4 is 40.0 Å². The van der Waals surface area contributed by atoms with Gasteiger partial charge in [-0.1, -0.05) is 42.1 Å². The number of fused-ring (bicyclic) bond motifs is 3. The zero-order valence-electron chi connectivity index (χ0n) is 17.1. The van der Waals surface area contributed by atoms with Crippen LogP contribution in [0.3, 0.4) is 0 Å². The zero-order chi connectivity index (χ0) is 21.4. The van der Waals surface area contributed by atoms with E-state index >= 15 is 0 Å². The number of amides is 1. The van der Waals surface area contributed by atoms with Crippen molar-refractivity contribution in [3.8, 4) is 0 Å². The van der Waals surface area contributed by atoms with Gasteiger partial charge in [-0.15, -0.1) is 10.2 Å². The summed E-state index contributed by atoms with van der Waals surface area (Å²) in [5, 5.41) is 9.65. The SMILES string of the molecule is Cn1c(=O)c2ccccc2n2c(SCC(=O)N3CCN(c4ccccc4)CC3)nnc12. The number of thioether (sulfide) groups is 1. The minimum atomic E-state index is -0.112. The van der Waals surface area contributed by atoms with Crippen molar-refractivity contribution in [3.05, 3.63) is 65.0 Å². The second-order valence-corrected chi connectivity index (χ2v) is 8.43. The van der Waals surface area contributed by atoms with Crippen LogP contribution < -0.4 is 10.5 Å². The number of hydrogen-bond acceptors (Lipinski definition) is 6. The molecule has 0 radical (unpaired) electrons. The van der Waals surface area contributed by atoms with Crippen LogP contribution in [0.1, 0.15) is 0 Å². The Labute approximate surface area is 183 Å². The van der Waals surface area contributed by atoms with Gasteiger partial charge >= 0.3 is 0 Å². The van der Waals surface area contributed by atoms with Crippen LogP contribution in [0.4, 0.5) is 5.69 Å². The van der Waals surface area contributed by atoms with E-state index in [1.54, 1.807) is 13.1 Å². The summed E-state index contributed by atoms with van der Waals surface area (Å²) in [6.45, 7) is 3.04. The molecule has 3 heterocycles. The molecule has 2 aromatic heterocycles. The molecule has 9 heteroatoms. The summed E-state index contributed by atoms with van der Waals surface area (Å²) in [4.78, 5) is 29.6. The van der Waals surface area contributed by atoms with E-state index in [1.165, 1.54) is 22.0 Å². The third kappa shape index (κ3) is 3.54. The molecule has 0 spiro atoms. The maximum atomic E-state index is 12.8. The number of benzene rings is 2. The molecule has 4 aromatic rings. The number of carbonyl (C=O) groups excluding carboxylic acids is 1. The van der Waals surface area contributed by atoms with Crippen LogP contribution >= 0.6 is 11.8 Å². The van der Waals surface area contributed by atoms with Gasteiger partial charge in [0.15, 0.2) is 5.16 Å². The lowest BCUT2D eigenvalue weighted by Crippen LogP contribution is -2.49. The Kier molecular flexibility index (Phi) is 5.11. The molecular weight excluding hydrogens is 412 g/mol. The average molecular weight is 435 g/mol. The van der Waals surface area contributed by atoms with Crippen LogP contribution in [0.15, 0.2) is 64.5 Å². The Balaban J connectivity index is 1.31. The lowest BCUT2D eigenvalue weighted by atomic mass is 10.2. The van der Waals surface area contributed by atoms with Gasteiger partial charge in [-0.3, -0.25) is 18.6 Å². The van der Waals surface area contributed by atoms with Crippen molar-refractivity contribution < 1.29 is 4.79 Å². The van der Waals surface area contributed by atoms with Crippen molar-refractivity contribution in [2.45, 2.75) is 5.16 Å². The van der Waals surface area contributed by atoms with Crippen LogP contribution in [-0.4, -0.2) is 61.9 Å². The van der Waals surface area contributed by atoms with Gasteiger partial charge in [0.1, 0.15) is 0 Å². The largest absolute Gasteiger partial charge is 0.368 e. The molecule has 158 valence electrons. The number of aryl methyl sites for hydroxylation is 1. The van der Waals surface area contributed by atoms with Crippen LogP contribution in [0.25, 0.3) is 16.7 Å². The Morgan fingerprint density at radius 1 is 0.968 bits per heavy atom. The highest BCUT2D eigenvalue weighted by molar-refractivity contribution is 7.99. The van der Waals surface area contributed by atoms with Crippen LogP contribution in [0.2, 0.25) is 0 Å². The summed E-state index contributed by atoms with van der Waals surface area (Å²) in [7, 11) is 1.69. The van der Waals surface area contributed by atoms with Crippen molar-refractivity contribution in [1.29, 1.82) is 0 Å². The summed E-state index contributed by atoms with van der Waals surface area (Å²) >= 11 is 1.35. The van der Waals surface area contributed by atoms with Crippen molar-refractivity contribution in [2.24, 2.45) is 7.05 Å². The number of piperazine rings is 1. The third-order valence-electron chi connectivity index (χ3n) is 5.67. The fourth-order valence-electron chi connectivity index (χ4n) is 3.98. The van der Waals surface area contributed by atoms with Crippen molar-refractivity contribution in [3.63, 3.8) is 0 Å². The molecular formula is C22H22N6O2S. The highest BCUT2D eigenvalue weighted by Crippen LogP contribution is 2.22. The van der Waals surface area contributed by atoms with E-state index in [1.807, 2.05) is 45.7 Å². The van der Waals surface area contributed by atoms with E-state index < -0.39 is 0 Å². The summed E-state index contributed by atoms with van der Waals surface area (Å²) in [5.41, 5.74) is 1.83. The van der Waals surface area contributed by atoms with E-state index in [-0.39, 0.29) is 17.2 Å². The molecule has 0 atom stereocenters. The van der Waals surface area contributed by atoms with Gasteiger partial charge in [0.05, 0.1) is 16.7 Å². The fourth-order valence-corrected chi connectivity index (χ4v) is 4.82. The van der Waals surface area contributed by atoms with E-state index in [2.05, 4.69) is 27.2 Å². The Morgan fingerprint density at radius 2 is 1.68 bits per heavy atom. The summed E-state index contributed by atoms with van der Waals surface area (Å²) < 4.78 is 3.34. The molecule has 2 aromatic carbocycles. The number of hydrogen-bond donors (Lipinski definition) is 0.